The number of hydrogen-bond donors (Lipinski definition) is 2. The van der Waals surface area contributed by atoms with Crippen LogP contribution in [0.15, 0.2) is 42.9 Å². The van der Waals surface area contributed by atoms with Gasteiger partial charge in [-0.3, -0.25) is 4.79 Å². The van der Waals surface area contributed by atoms with Gasteiger partial charge in [0.15, 0.2) is 5.78 Å². The molecule has 0 saturated carbocycles. The summed E-state index contributed by atoms with van der Waals surface area (Å²) in [5.41, 5.74) is 6.64. The standard InChI is InChI=1S/C13H15N3O2/c14-12(6-10-7-15-9-16-10)13(17)8-18-11-4-2-1-3-5-11/h1-5,7,9,12H,6,8,14H2,(H,15,16)/t12-/m0/s1. The van der Waals surface area contributed by atoms with Crippen LogP contribution in [0.2, 0.25) is 0 Å². The monoisotopic (exact) mass is 245 g/mol. The van der Waals surface area contributed by atoms with E-state index in [2.05, 4.69) is 9.97 Å². The number of imidazole rings is 1. The maximum absolute atomic E-state index is 11.8. The van der Waals surface area contributed by atoms with Crippen LogP contribution in [0.25, 0.3) is 0 Å². The molecule has 0 unspecified atom stereocenters. The van der Waals surface area contributed by atoms with E-state index >= 15 is 0 Å². The summed E-state index contributed by atoms with van der Waals surface area (Å²) < 4.78 is 5.35. The summed E-state index contributed by atoms with van der Waals surface area (Å²) >= 11 is 0. The van der Waals surface area contributed by atoms with Crippen molar-refractivity contribution < 1.29 is 9.53 Å². The number of hydrogen-bond acceptors (Lipinski definition) is 4. The first-order chi connectivity index (χ1) is 8.75. The van der Waals surface area contributed by atoms with Gasteiger partial charge in [-0.05, 0) is 12.1 Å². The van der Waals surface area contributed by atoms with E-state index in [9.17, 15) is 4.79 Å². The van der Waals surface area contributed by atoms with Crippen LogP contribution in [0, 0.1) is 0 Å². The Morgan fingerprint density at radius 3 is 2.83 bits per heavy atom. The third-order valence-corrected chi connectivity index (χ3v) is 2.53. The van der Waals surface area contributed by atoms with Gasteiger partial charge in [0.2, 0.25) is 0 Å². The Bertz CT molecular complexity index is 482. The number of carbonyl (C=O) groups is 1. The van der Waals surface area contributed by atoms with E-state index < -0.39 is 6.04 Å². The fourth-order valence-electron chi connectivity index (χ4n) is 1.53. The number of ketones is 1. The van der Waals surface area contributed by atoms with Crippen molar-refractivity contribution in [1.29, 1.82) is 0 Å². The fraction of sp³-hybridized carbons (Fsp3) is 0.231. The molecule has 1 atom stereocenters. The Morgan fingerprint density at radius 2 is 2.17 bits per heavy atom. The molecule has 0 spiro atoms. The summed E-state index contributed by atoms with van der Waals surface area (Å²) in [5, 5.41) is 0. The molecule has 18 heavy (non-hydrogen) atoms. The molecule has 0 aliphatic heterocycles. The zero-order valence-corrected chi connectivity index (χ0v) is 9.87. The van der Waals surface area contributed by atoms with Gasteiger partial charge in [-0.2, -0.15) is 0 Å². The Labute approximate surface area is 105 Å². The molecule has 0 amide bonds. The zero-order valence-electron chi connectivity index (χ0n) is 9.87. The highest BCUT2D eigenvalue weighted by atomic mass is 16.5. The summed E-state index contributed by atoms with van der Waals surface area (Å²) in [4.78, 5) is 18.5. The highest BCUT2D eigenvalue weighted by Gasteiger charge is 2.15. The molecule has 0 aliphatic carbocycles. The van der Waals surface area contributed by atoms with Gasteiger partial charge in [-0.15, -0.1) is 0 Å². The minimum atomic E-state index is -0.575. The lowest BCUT2D eigenvalue weighted by Gasteiger charge is -2.10. The minimum Gasteiger partial charge on any atom is -0.486 e. The van der Waals surface area contributed by atoms with Gasteiger partial charge in [0, 0.05) is 18.3 Å². The van der Waals surface area contributed by atoms with Crippen molar-refractivity contribution in [2.24, 2.45) is 5.73 Å². The average Bonchev–Trinajstić information content (AvgIpc) is 2.90. The molecular weight excluding hydrogens is 230 g/mol. The Kier molecular flexibility index (Phi) is 4.09. The molecule has 2 aromatic rings. The van der Waals surface area contributed by atoms with Crippen LogP contribution in [0.1, 0.15) is 5.69 Å². The number of benzene rings is 1. The summed E-state index contributed by atoms with van der Waals surface area (Å²) in [6.45, 7) is -0.0146. The highest BCUT2D eigenvalue weighted by molar-refractivity contribution is 5.85. The largest absolute Gasteiger partial charge is 0.486 e. The number of para-hydroxylation sites is 1. The van der Waals surface area contributed by atoms with E-state index in [1.54, 1.807) is 24.7 Å². The lowest BCUT2D eigenvalue weighted by atomic mass is 10.1. The molecule has 1 aromatic heterocycles. The van der Waals surface area contributed by atoms with Crippen molar-refractivity contribution in [3.8, 4) is 5.75 Å². The van der Waals surface area contributed by atoms with E-state index in [4.69, 9.17) is 10.5 Å². The van der Waals surface area contributed by atoms with E-state index in [1.165, 1.54) is 0 Å². The van der Waals surface area contributed by atoms with Crippen molar-refractivity contribution in [1.82, 2.24) is 9.97 Å². The Balaban J connectivity index is 1.81. The topological polar surface area (TPSA) is 81.0 Å². The molecule has 5 nitrogen and oxygen atoms in total. The molecule has 5 heteroatoms. The Hall–Kier alpha value is -2.14. The first kappa shape index (κ1) is 12.3. The molecule has 0 bridgehead atoms. The molecule has 1 aromatic carbocycles. The molecule has 3 N–H and O–H groups in total. The number of aromatic amines is 1. The van der Waals surface area contributed by atoms with Gasteiger partial charge < -0.3 is 15.5 Å². The number of rotatable bonds is 6. The number of ether oxygens (including phenoxy) is 1. The van der Waals surface area contributed by atoms with Crippen LogP contribution in [0.3, 0.4) is 0 Å². The first-order valence-corrected chi connectivity index (χ1v) is 5.69. The number of nitrogens with zero attached hydrogens (tertiary/aromatic N) is 1. The van der Waals surface area contributed by atoms with Crippen molar-refractivity contribution >= 4 is 5.78 Å². The molecule has 94 valence electrons. The van der Waals surface area contributed by atoms with Gasteiger partial charge in [0.05, 0.1) is 12.4 Å². The molecule has 0 fully saturated rings. The fourth-order valence-corrected chi connectivity index (χ4v) is 1.53. The van der Waals surface area contributed by atoms with Crippen molar-refractivity contribution in [3.63, 3.8) is 0 Å². The molecular formula is C13H15N3O2. The molecule has 0 saturated heterocycles. The van der Waals surface area contributed by atoms with Gasteiger partial charge in [0.1, 0.15) is 12.4 Å². The van der Waals surface area contributed by atoms with Crippen molar-refractivity contribution in [2.45, 2.75) is 12.5 Å². The van der Waals surface area contributed by atoms with Crippen molar-refractivity contribution in [2.75, 3.05) is 6.61 Å². The van der Waals surface area contributed by atoms with E-state index in [-0.39, 0.29) is 12.4 Å². The smallest absolute Gasteiger partial charge is 0.187 e. The number of Topliss-reactive ketones (excluding diaryl/α,β-unsaturated/α-hetero) is 1. The van der Waals surface area contributed by atoms with Gasteiger partial charge in [0.25, 0.3) is 0 Å². The van der Waals surface area contributed by atoms with Crippen LogP contribution in [-0.4, -0.2) is 28.4 Å². The molecule has 2 rings (SSSR count). The van der Waals surface area contributed by atoms with Gasteiger partial charge >= 0.3 is 0 Å². The van der Waals surface area contributed by atoms with E-state index in [0.717, 1.165) is 5.69 Å². The maximum atomic E-state index is 11.8. The number of aromatic nitrogens is 2. The van der Waals surface area contributed by atoms with Crippen LogP contribution < -0.4 is 10.5 Å². The van der Waals surface area contributed by atoms with Gasteiger partial charge in [-0.25, -0.2) is 4.98 Å². The third-order valence-electron chi connectivity index (χ3n) is 2.53. The van der Waals surface area contributed by atoms with Crippen LogP contribution in [0.4, 0.5) is 0 Å². The summed E-state index contributed by atoms with van der Waals surface area (Å²) in [6.07, 6.45) is 3.66. The van der Waals surface area contributed by atoms with E-state index in [0.29, 0.717) is 12.2 Å². The van der Waals surface area contributed by atoms with Crippen LogP contribution >= 0.6 is 0 Å². The number of carbonyl (C=O) groups excluding carboxylic acids is 1. The number of nitrogens with two attached hydrogens (primary N) is 1. The van der Waals surface area contributed by atoms with Gasteiger partial charge in [-0.1, -0.05) is 18.2 Å². The van der Waals surface area contributed by atoms with Crippen molar-refractivity contribution in [3.05, 3.63) is 48.5 Å². The second-order valence-electron chi connectivity index (χ2n) is 3.96. The quantitative estimate of drug-likeness (QED) is 0.793. The predicted molar refractivity (Wildman–Crippen MR) is 67.2 cm³/mol. The molecule has 1 heterocycles. The second-order valence-corrected chi connectivity index (χ2v) is 3.96. The average molecular weight is 245 g/mol. The summed E-state index contributed by atoms with van der Waals surface area (Å²) in [5.74, 6) is 0.535. The first-order valence-electron chi connectivity index (χ1n) is 5.69. The molecule has 0 aliphatic rings. The third kappa shape index (κ3) is 3.43. The predicted octanol–water partition coefficient (Wildman–Crippen LogP) is 0.928. The highest BCUT2D eigenvalue weighted by Crippen LogP contribution is 2.08. The summed E-state index contributed by atoms with van der Waals surface area (Å²) in [7, 11) is 0. The maximum Gasteiger partial charge on any atom is 0.187 e. The SMILES string of the molecule is N[C@@H](Cc1cnc[nH]1)C(=O)COc1ccccc1. The molecule has 0 radical (unpaired) electrons. The lowest BCUT2D eigenvalue weighted by Crippen LogP contribution is -2.36. The Morgan fingerprint density at radius 1 is 1.39 bits per heavy atom. The normalized spacial score (nSPS) is 12.1. The van der Waals surface area contributed by atoms with Crippen LogP contribution in [-0.2, 0) is 11.2 Å². The number of nitrogens with one attached hydrogen (secondary N) is 1. The zero-order chi connectivity index (χ0) is 12.8. The number of H-pyrrole nitrogens is 1. The van der Waals surface area contributed by atoms with E-state index in [1.807, 2.05) is 18.2 Å². The van der Waals surface area contributed by atoms with Crippen LogP contribution in [0.5, 0.6) is 5.75 Å². The summed E-state index contributed by atoms with van der Waals surface area (Å²) in [6, 6.07) is 8.61. The lowest BCUT2D eigenvalue weighted by molar-refractivity contribution is -0.122. The minimum absolute atomic E-state index is 0.0146. The second kappa shape index (κ2) is 5.97.